The Kier molecular flexibility index (Phi) is 5.88. The van der Waals surface area contributed by atoms with E-state index in [2.05, 4.69) is 17.9 Å². The van der Waals surface area contributed by atoms with Crippen molar-refractivity contribution in [3.63, 3.8) is 0 Å². The Balaban J connectivity index is 2.21. The first kappa shape index (κ1) is 16.1. The molecular formula is C16H23ClN2O2. The van der Waals surface area contributed by atoms with Crippen LogP contribution < -0.4 is 4.90 Å². The monoisotopic (exact) mass is 310 g/mol. The van der Waals surface area contributed by atoms with Gasteiger partial charge in [-0.05, 0) is 37.9 Å². The molecule has 0 aromatic heterocycles. The highest BCUT2D eigenvalue weighted by Gasteiger charge is 2.19. The van der Waals surface area contributed by atoms with Crippen LogP contribution in [-0.4, -0.2) is 42.2 Å². The predicted octanol–water partition coefficient (Wildman–Crippen LogP) is 3.24. The van der Waals surface area contributed by atoms with Crippen molar-refractivity contribution in [2.45, 2.75) is 32.7 Å². The number of nitrogens with zero attached hydrogens (tertiary/aromatic N) is 2. The Morgan fingerprint density at radius 1 is 1.38 bits per heavy atom. The van der Waals surface area contributed by atoms with E-state index in [0.717, 1.165) is 42.3 Å². The maximum atomic E-state index is 11.0. The number of benzene rings is 1. The van der Waals surface area contributed by atoms with E-state index in [4.69, 9.17) is 16.7 Å². The van der Waals surface area contributed by atoms with Crippen molar-refractivity contribution in [3.05, 3.63) is 28.8 Å². The minimum Gasteiger partial charge on any atom is -0.480 e. The molecule has 1 fully saturated rings. The molecule has 1 aromatic carbocycles. The fourth-order valence-electron chi connectivity index (χ4n) is 2.90. The van der Waals surface area contributed by atoms with Crippen LogP contribution >= 0.6 is 11.6 Å². The molecule has 0 aliphatic carbocycles. The smallest absolute Gasteiger partial charge is 0.317 e. The highest BCUT2D eigenvalue weighted by atomic mass is 35.5. The summed E-state index contributed by atoms with van der Waals surface area (Å²) in [7, 11) is 0. The number of carboxylic acid groups (broad SMARTS) is 1. The number of hydrogen-bond acceptors (Lipinski definition) is 3. The maximum absolute atomic E-state index is 11.0. The summed E-state index contributed by atoms with van der Waals surface area (Å²) in [5.74, 6) is -0.793. The van der Waals surface area contributed by atoms with E-state index in [1.54, 1.807) is 0 Å². The summed E-state index contributed by atoms with van der Waals surface area (Å²) in [6.07, 6.45) is 3.34. The number of rotatable bonds is 7. The molecule has 4 nitrogen and oxygen atoms in total. The summed E-state index contributed by atoms with van der Waals surface area (Å²) in [6.45, 7) is 5.57. The van der Waals surface area contributed by atoms with Gasteiger partial charge in [-0.15, -0.1) is 0 Å². The molecule has 5 heteroatoms. The van der Waals surface area contributed by atoms with Crippen molar-refractivity contribution in [1.29, 1.82) is 0 Å². The second kappa shape index (κ2) is 7.66. The third-order valence-electron chi connectivity index (χ3n) is 3.82. The van der Waals surface area contributed by atoms with E-state index in [1.807, 2.05) is 17.0 Å². The highest BCUT2D eigenvalue weighted by Crippen LogP contribution is 2.31. The fourth-order valence-corrected chi connectivity index (χ4v) is 3.13. The molecule has 21 heavy (non-hydrogen) atoms. The van der Waals surface area contributed by atoms with Crippen LogP contribution in [0.4, 0.5) is 5.69 Å². The Bertz CT molecular complexity index is 487. The summed E-state index contributed by atoms with van der Waals surface area (Å²) in [5, 5.41) is 9.78. The number of carbonyl (C=O) groups is 1. The standard InChI is InChI=1S/C16H23ClN2O2/c1-2-8-18(12-16(20)21)11-13-14(17)6-5-7-15(13)19-9-3-4-10-19/h5-7H,2-4,8-12H2,1H3,(H,20,21). The van der Waals surface area contributed by atoms with Gasteiger partial charge in [0, 0.05) is 35.9 Å². The van der Waals surface area contributed by atoms with Gasteiger partial charge < -0.3 is 10.0 Å². The lowest BCUT2D eigenvalue weighted by Gasteiger charge is -2.26. The number of halogens is 1. The van der Waals surface area contributed by atoms with Crippen LogP contribution in [0.15, 0.2) is 18.2 Å². The third kappa shape index (κ3) is 4.35. The topological polar surface area (TPSA) is 43.8 Å². The zero-order valence-corrected chi connectivity index (χ0v) is 13.3. The Morgan fingerprint density at radius 3 is 2.71 bits per heavy atom. The molecule has 1 aromatic rings. The molecule has 0 saturated carbocycles. The van der Waals surface area contributed by atoms with Crippen LogP contribution in [0.1, 0.15) is 31.7 Å². The summed E-state index contributed by atoms with van der Waals surface area (Å²) in [5.41, 5.74) is 2.21. The first-order valence-electron chi connectivity index (χ1n) is 7.58. The Hall–Kier alpha value is -1.26. The molecule has 0 radical (unpaired) electrons. The SMILES string of the molecule is CCCN(CC(=O)O)Cc1c(Cl)cccc1N1CCCC1. The van der Waals surface area contributed by atoms with E-state index >= 15 is 0 Å². The van der Waals surface area contributed by atoms with Crippen LogP contribution in [0.25, 0.3) is 0 Å². The van der Waals surface area contributed by atoms with Gasteiger partial charge in [0.2, 0.25) is 0 Å². The zero-order chi connectivity index (χ0) is 15.2. The van der Waals surface area contributed by atoms with Gasteiger partial charge >= 0.3 is 5.97 Å². The third-order valence-corrected chi connectivity index (χ3v) is 4.18. The minimum atomic E-state index is -0.793. The molecule has 0 spiro atoms. The van der Waals surface area contributed by atoms with E-state index in [9.17, 15) is 4.79 Å². The number of carboxylic acids is 1. The first-order valence-corrected chi connectivity index (χ1v) is 7.96. The molecule has 0 atom stereocenters. The van der Waals surface area contributed by atoms with Gasteiger partial charge in [-0.1, -0.05) is 24.6 Å². The van der Waals surface area contributed by atoms with Crippen LogP contribution in [0, 0.1) is 0 Å². The Labute approximate surface area is 131 Å². The molecular weight excluding hydrogens is 288 g/mol. The molecule has 1 heterocycles. The summed E-state index contributed by atoms with van der Waals surface area (Å²) >= 11 is 6.39. The van der Waals surface area contributed by atoms with Gasteiger partial charge in [-0.3, -0.25) is 9.69 Å². The molecule has 1 aliphatic rings. The number of aliphatic carboxylic acids is 1. The van der Waals surface area contributed by atoms with E-state index in [-0.39, 0.29) is 6.54 Å². The van der Waals surface area contributed by atoms with Gasteiger partial charge in [-0.2, -0.15) is 0 Å². The lowest BCUT2D eigenvalue weighted by molar-refractivity contribution is -0.138. The molecule has 2 rings (SSSR count). The van der Waals surface area contributed by atoms with Gasteiger partial charge in [0.15, 0.2) is 0 Å². The molecule has 116 valence electrons. The molecule has 0 amide bonds. The maximum Gasteiger partial charge on any atom is 0.317 e. The lowest BCUT2D eigenvalue weighted by atomic mass is 10.1. The summed E-state index contributed by atoms with van der Waals surface area (Å²) < 4.78 is 0. The molecule has 1 aliphatic heterocycles. The normalized spacial score (nSPS) is 14.9. The predicted molar refractivity (Wildman–Crippen MR) is 86.1 cm³/mol. The van der Waals surface area contributed by atoms with E-state index < -0.39 is 5.97 Å². The molecule has 1 saturated heterocycles. The largest absolute Gasteiger partial charge is 0.480 e. The van der Waals surface area contributed by atoms with Crippen molar-refractivity contribution in [2.24, 2.45) is 0 Å². The minimum absolute atomic E-state index is 0.0541. The van der Waals surface area contributed by atoms with Gasteiger partial charge in [0.05, 0.1) is 6.54 Å². The van der Waals surface area contributed by atoms with Gasteiger partial charge in [-0.25, -0.2) is 0 Å². The molecule has 0 unspecified atom stereocenters. The molecule has 0 bridgehead atoms. The average Bonchev–Trinajstić information content (AvgIpc) is 2.94. The van der Waals surface area contributed by atoms with Crippen LogP contribution in [0.3, 0.4) is 0 Å². The quantitative estimate of drug-likeness (QED) is 0.839. The van der Waals surface area contributed by atoms with Crippen molar-refractivity contribution in [2.75, 3.05) is 31.1 Å². The van der Waals surface area contributed by atoms with Crippen molar-refractivity contribution >= 4 is 23.3 Å². The van der Waals surface area contributed by atoms with Crippen molar-refractivity contribution in [3.8, 4) is 0 Å². The van der Waals surface area contributed by atoms with E-state index in [0.29, 0.717) is 6.54 Å². The summed E-state index contributed by atoms with van der Waals surface area (Å²) in [6, 6.07) is 5.96. The Morgan fingerprint density at radius 2 is 2.10 bits per heavy atom. The average molecular weight is 311 g/mol. The first-order chi connectivity index (χ1) is 10.1. The second-order valence-corrected chi connectivity index (χ2v) is 5.94. The van der Waals surface area contributed by atoms with Gasteiger partial charge in [0.1, 0.15) is 0 Å². The molecule has 1 N–H and O–H groups in total. The highest BCUT2D eigenvalue weighted by molar-refractivity contribution is 6.31. The zero-order valence-electron chi connectivity index (χ0n) is 12.5. The van der Waals surface area contributed by atoms with Crippen LogP contribution in [0.2, 0.25) is 5.02 Å². The van der Waals surface area contributed by atoms with E-state index in [1.165, 1.54) is 12.8 Å². The lowest BCUT2D eigenvalue weighted by Crippen LogP contribution is -2.31. The number of anilines is 1. The second-order valence-electron chi connectivity index (χ2n) is 5.54. The van der Waals surface area contributed by atoms with Crippen molar-refractivity contribution < 1.29 is 9.90 Å². The van der Waals surface area contributed by atoms with Gasteiger partial charge in [0.25, 0.3) is 0 Å². The fraction of sp³-hybridized carbons (Fsp3) is 0.562. The number of hydrogen-bond donors (Lipinski definition) is 1. The van der Waals surface area contributed by atoms with Crippen LogP contribution in [0.5, 0.6) is 0 Å². The van der Waals surface area contributed by atoms with Crippen molar-refractivity contribution in [1.82, 2.24) is 4.90 Å². The summed E-state index contributed by atoms with van der Waals surface area (Å²) in [4.78, 5) is 15.3. The van der Waals surface area contributed by atoms with Crippen LogP contribution in [-0.2, 0) is 11.3 Å².